The number of hydrogen-bond donors (Lipinski definition) is 1. The van der Waals surface area contributed by atoms with Crippen molar-refractivity contribution in [2.24, 2.45) is 0 Å². The van der Waals surface area contributed by atoms with Crippen molar-refractivity contribution in [2.75, 3.05) is 4.72 Å². The highest BCUT2D eigenvalue weighted by Crippen LogP contribution is 2.32. The van der Waals surface area contributed by atoms with Crippen molar-refractivity contribution >= 4 is 32.5 Å². The van der Waals surface area contributed by atoms with Gasteiger partial charge in [-0.1, -0.05) is 60.7 Å². The summed E-state index contributed by atoms with van der Waals surface area (Å²) < 4.78 is 29.3. The lowest BCUT2D eigenvalue weighted by Crippen LogP contribution is -2.33. The molecule has 33 heavy (non-hydrogen) atoms. The number of nitrogens with zero attached hydrogens (tertiary/aromatic N) is 2. The molecule has 166 valence electrons. The molecule has 4 aromatic rings. The molecule has 1 amide bonds. The Hall–Kier alpha value is -3.71. The third-order valence-corrected chi connectivity index (χ3v) is 7.13. The number of carbonyl (C=O) groups excluding carboxylic acids is 1. The third-order valence-electron chi connectivity index (χ3n) is 5.73. The lowest BCUT2D eigenvalue weighted by molar-refractivity contribution is 0.0731. The van der Waals surface area contributed by atoms with E-state index in [1.165, 1.54) is 6.07 Å². The molecule has 3 aromatic carbocycles. The summed E-state index contributed by atoms with van der Waals surface area (Å²) in [5, 5.41) is 0.729. The zero-order valence-electron chi connectivity index (χ0n) is 17.9. The predicted octanol–water partition coefficient (Wildman–Crippen LogP) is 4.84. The van der Waals surface area contributed by atoms with Crippen molar-refractivity contribution in [3.8, 4) is 0 Å². The van der Waals surface area contributed by atoms with Crippen LogP contribution in [0.15, 0.2) is 96.0 Å². The molecule has 7 heteroatoms. The number of nitrogens with one attached hydrogen (secondary N) is 1. The highest BCUT2D eigenvalue weighted by molar-refractivity contribution is 7.93. The number of benzene rings is 3. The van der Waals surface area contributed by atoms with Crippen LogP contribution in [0.5, 0.6) is 0 Å². The smallest absolute Gasteiger partial charge is 0.264 e. The molecule has 0 radical (unpaired) electrons. The average molecular weight is 458 g/mol. The number of carbonyl (C=O) groups is 1. The van der Waals surface area contributed by atoms with Gasteiger partial charge < -0.3 is 4.90 Å². The van der Waals surface area contributed by atoms with Crippen LogP contribution in [-0.4, -0.2) is 30.3 Å². The molecule has 1 saturated carbocycles. The van der Waals surface area contributed by atoms with Gasteiger partial charge in [-0.2, -0.15) is 0 Å². The van der Waals surface area contributed by atoms with E-state index in [9.17, 15) is 13.2 Å². The topological polar surface area (TPSA) is 79.4 Å². The lowest BCUT2D eigenvalue weighted by Gasteiger charge is -2.24. The van der Waals surface area contributed by atoms with Crippen molar-refractivity contribution in [1.29, 1.82) is 0 Å². The third kappa shape index (κ3) is 4.45. The molecule has 1 fully saturated rings. The predicted molar refractivity (Wildman–Crippen MR) is 128 cm³/mol. The second kappa shape index (κ2) is 8.67. The van der Waals surface area contributed by atoms with Gasteiger partial charge in [0.2, 0.25) is 0 Å². The largest absolute Gasteiger partial charge is 0.331 e. The summed E-state index contributed by atoms with van der Waals surface area (Å²) in [6.07, 6.45) is 3.47. The van der Waals surface area contributed by atoms with Gasteiger partial charge in [0.15, 0.2) is 0 Å². The Labute approximate surface area is 192 Å². The van der Waals surface area contributed by atoms with E-state index in [-0.39, 0.29) is 22.5 Å². The molecule has 5 rings (SSSR count). The van der Waals surface area contributed by atoms with Gasteiger partial charge in [0.1, 0.15) is 4.90 Å². The Morgan fingerprint density at radius 1 is 0.909 bits per heavy atom. The first kappa shape index (κ1) is 21.2. The maximum atomic E-state index is 13.6. The molecule has 0 atom stereocenters. The number of amides is 1. The first-order valence-corrected chi connectivity index (χ1v) is 12.3. The normalized spacial score (nSPS) is 13.6. The molecule has 1 heterocycles. The van der Waals surface area contributed by atoms with E-state index >= 15 is 0 Å². The van der Waals surface area contributed by atoms with Crippen LogP contribution in [0.1, 0.15) is 28.8 Å². The number of para-hydroxylation sites is 2. The van der Waals surface area contributed by atoms with E-state index in [1.54, 1.807) is 42.6 Å². The van der Waals surface area contributed by atoms with Gasteiger partial charge in [-0.25, -0.2) is 8.42 Å². The summed E-state index contributed by atoms with van der Waals surface area (Å²) in [6, 6.07) is 25.4. The van der Waals surface area contributed by atoms with Crippen molar-refractivity contribution < 1.29 is 13.2 Å². The van der Waals surface area contributed by atoms with Crippen LogP contribution in [0.4, 0.5) is 5.69 Å². The van der Waals surface area contributed by atoms with E-state index < -0.39 is 10.0 Å². The Morgan fingerprint density at radius 2 is 1.64 bits per heavy atom. The van der Waals surface area contributed by atoms with Crippen LogP contribution < -0.4 is 4.72 Å². The van der Waals surface area contributed by atoms with Gasteiger partial charge in [0, 0.05) is 24.2 Å². The van der Waals surface area contributed by atoms with Crippen molar-refractivity contribution in [1.82, 2.24) is 9.88 Å². The summed E-state index contributed by atoms with van der Waals surface area (Å²) in [6.45, 7) is 0.485. The van der Waals surface area contributed by atoms with Gasteiger partial charge >= 0.3 is 0 Å². The van der Waals surface area contributed by atoms with Gasteiger partial charge in [0.05, 0.1) is 16.8 Å². The first-order valence-electron chi connectivity index (χ1n) is 10.8. The zero-order valence-corrected chi connectivity index (χ0v) is 18.7. The zero-order chi connectivity index (χ0) is 22.8. The minimum atomic E-state index is -3.97. The standard InChI is InChI=1S/C26H23N3O3S/c30-26(29(21-15-16-21)18-19-8-2-1-3-9-19)22-12-4-5-13-23(22)28-33(31,32)24-14-6-10-20-11-7-17-27-25(20)24/h1-14,17,21,28H,15-16,18H2. The molecular formula is C26H23N3O3S. The molecule has 0 spiro atoms. The van der Waals surface area contributed by atoms with E-state index in [1.807, 2.05) is 47.4 Å². The van der Waals surface area contributed by atoms with Crippen LogP contribution in [0.3, 0.4) is 0 Å². The van der Waals surface area contributed by atoms with Crippen LogP contribution >= 0.6 is 0 Å². The molecule has 0 unspecified atom stereocenters. The number of rotatable bonds is 7. The molecule has 0 aliphatic heterocycles. The fourth-order valence-electron chi connectivity index (χ4n) is 3.94. The molecule has 1 aliphatic rings. The monoisotopic (exact) mass is 457 g/mol. The molecule has 1 N–H and O–H groups in total. The van der Waals surface area contributed by atoms with E-state index in [4.69, 9.17) is 0 Å². The average Bonchev–Trinajstić information content (AvgIpc) is 3.68. The van der Waals surface area contributed by atoms with Gasteiger partial charge in [0.25, 0.3) is 15.9 Å². The molecule has 0 saturated heterocycles. The number of pyridine rings is 1. The van der Waals surface area contributed by atoms with Crippen LogP contribution in [0.25, 0.3) is 10.9 Å². The molecule has 0 bridgehead atoms. The van der Waals surface area contributed by atoms with Crippen molar-refractivity contribution in [3.63, 3.8) is 0 Å². The Balaban J connectivity index is 1.48. The van der Waals surface area contributed by atoms with E-state index in [0.29, 0.717) is 17.6 Å². The number of sulfonamides is 1. The Kier molecular flexibility index (Phi) is 5.56. The number of fused-ring (bicyclic) bond motifs is 1. The van der Waals surface area contributed by atoms with Gasteiger partial charge in [-0.15, -0.1) is 0 Å². The van der Waals surface area contributed by atoms with E-state index in [2.05, 4.69) is 9.71 Å². The summed E-state index contributed by atoms with van der Waals surface area (Å²) in [7, 11) is -3.97. The first-order chi connectivity index (χ1) is 16.0. The summed E-state index contributed by atoms with van der Waals surface area (Å²) in [5.41, 5.74) is 2.02. The summed E-state index contributed by atoms with van der Waals surface area (Å²) in [4.78, 5) is 19.7. The summed E-state index contributed by atoms with van der Waals surface area (Å²) in [5.74, 6) is -0.185. The fourth-order valence-corrected chi connectivity index (χ4v) is 5.20. The molecular weight excluding hydrogens is 434 g/mol. The lowest BCUT2D eigenvalue weighted by atomic mass is 10.1. The van der Waals surface area contributed by atoms with Crippen LogP contribution in [0, 0.1) is 0 Å². The van der Waals surface area contributed by atoms with Crippen LogP contribution in [-0.2, 0) is 16.6 Å². The molecule has 6 nitrogen and oxygen atoms in total. The second-order valence-corrected chi connectivity index (χ2v) is 9.78. The minimum absolute atomic E-state index is 0.0752. The van der Waals surface area contributed by atoms with Crippen molar-refractivity contribution in [2.45, 2.75) is 30.3 Å². The molecule has 1 aromatic heterocycles. The van der Waals surface area contributed by atoms with Crippen LogP contribution in [0.2, 0.25) is 0 Å². The minimum Gasteiger partial charge on any atom is -0.331 e. The fraction of sp³-hybridized carbons (Fsp3) is 0.154. The SMILES string of the molecule is O=C(c1ccccc1NS(=O)(=O)c1cccc2cccnc12)N(Cc1ccccc1)C1CC1. The number of aromatic nitrogens is 1. The maximum absolute atomic E-state index is 13.6. The Morgan fingerprint density at radius 3 is 2.42 bits per heavy atom. The van der Waals surface area contributed by atoms with Gasteiger partial charge in [-0.05, 0) is 42.7 Å². The highest BCUT2D eigenvalue weighted by atomic mass is 32.2. The van der Waals surface area contributed by atoms with Gasteiger partial charge in [-0.3, -0.25) is 14.5 Å². The molecule has 1 aliphatic carbocycles. The van der Waals surface area contributed by atoms with E-state index in [0.717, 1.165) is 23.8 Å². The second-order valence-electron chi connectivity index (χ2n) is 8.13. The van der Waals surface area contributed by atoms with Crippen molar-refractivity contribution in [3.05, 3.63) is 102 Å². The number of hydrogen-bond acceptors (Lipinski definition) is 4. The number of anilines is 1. The highest BCUT2D eigenvalue weighted by Gasteiger charge is 2.34. The quantitative estimate of drug-likeness (QED) is 0.431. The summed E-state index contributed by atoms with van der Waals surface area (Å²) >= 11 is 0. The maximum Gasteiger partial charge on any atom is 0.264 e. The Bertz CT molecular complexity index is 1410.